The molecule has 1 aromatic heterocycles. The monoisotopic (exact) mass is 401 g/mol. The van der Waals surface area contributed by atoms with Crippen LogP contribution in [0.15, 0.2) is 53.7 Å². The number of ether oxygens (including phenoxy) is 1. The third kappa shape index (κ3) is 3.51. The third-order valence-electron chi connectivity index (χ3n) is 4.60. The van der Waals surface area contributed by atoms with Crippen molar-refractivity contribution in [1.29, 1.82) is 0 Å². The highest BCUT2D eigenvalue weighted by Crippen LogP contribution is 2.42. The van der Waals surface area contributed by atoms with E-state index in [4.69, 9.17) is 4.74 Å². The minimum Gasteiger partial charge on any atom is -0.456 e. The van der Waals surface area contributed by atoms with Crippen LogP contribution >= 0.6 is 0 Å². The number of hydrogen-bond donors (Lipinski definition) is 1. The summed E-state index contributed by atoms with van der Waals surface area (Å²) in [5.41, 5.74) is 0.612. The number of aliphatic imine (C=N–C) groups is 1. The van der Waals surface area contributed by atoms with Crippen molar-refractivity contribution in [2.75, 3.05) is 0 Å². The van der Waals surface area contributed by atoms with E-state index in [1.807, 2.05) is 0 Å². The molecule has 2 unspecified atom stereocenters. The number of amides is 2. The van der Waals surface area contributed by atoms with Crippen LogP contribution in [0.2, 0.25) is 0 Å². The maximum atomic E-state index is 12.7. The first-order valence-electron chi connectivity index (χ1n) is 8.65. The lowest BCUT2D eigenvalue weighted by Gasteiger charge is -2.29. The van der Waals surface area contributed by atoms with Gasteiger partial charge in [0.2, 0.25) is 5.91 Å². The summed E-state index contributed by atoms with van der Waals surface area (Å²) in [5, 5.41) is 2.72. The molecule has 4 rings (SSSR count). The fraction of sp³-hybridized carbons (Fsp3) is 0.200. The predicted octanol–water partition coefficient (Wildman–Crippen LogP) is 3.42. The van der Waals surface area contributed by atoms with E-state index in [1.54, 1.807) is 43.5 Å². The van der Waals surface area contributed by atoms with Gasteiger partial charge in [-0.15, -0.1) is 0 Å². The van der Waals surface area contributed by atoms with Crippen molar-refractivity contribution in [3.63, 3.8) is 0 Å². The number of nitrogens with zero attached hydrogens (tertiary/aromatic N) is 2. The summed E-state index contributed by atoms with van der Waals surface area (Å²) in [4.78, 5) is 32.0. The van der Waals surface area contributed by atoms with Gasteiger partial charge in [0, 0.05) is 29.1 Å². The summed E-state index contributed by atoms with van der Waals surface area (Å²) in [6.45, 7) is 1.79. The summed E-state index contributed by atoms with van der Waals surface area (Å²) in [5.74, 6) is -2.34. The Labute approximate surface area is 163 Å². The molecular weight excluding hydrogens is 387 g/mol. The molecule has 1 aromatic carbocycles. The van der Waals surface area contributed by atoms with Crippen LogP contribution in [0.25, 0.3) is 0 Å². The van der Waals surface area contributed by atoms with E-state index < -0.39 is 35.7 Å². The highest BCUT2D eigenvalue weighted by molar-refractivity contribution is 6.14. The summed E-state index contributed by atoms with van der Waals surface area (Å²) in [7, 11) is 0. The van der Waals surface area contributed by atoms with Gasteiger partial charge < -0.3 is 10.1 Å². The summed E-state index contributed by atoms with van der Waals surface area (Å²) in [6, 6.07) is 8.07. The van der Waals surface area contributed by atoms with E-state index in [0.29, 0.717) is 34.4 Å². The zero-order chi connectivity index (χ0) is 20.8. The van der Waals surface area contributed by atoms with E-state index in [2.05, 4.69) is 15.3 Å². The number of para-hydroxylation sites is 1. The van der Waals surface area contributed by atoms with Crippen LogP contribution < -0.4 is 10.1 Å². The second kappa shape index (κ2) is 6.84. The summed E-state index contributed by atoms with van der Waals surface area (Å²) >= 11 is 0. The number of rotatable bonds is 2. The molecule has 3 heterocycles. The molecule has 148 valence electrons. The number of benzene rings is 1. The van der Waals surface area contributed by atoms with Gasteiger partial charge in [0.05, 0.1) is 6.04 Å². The van der Waals surface area contributed by atoms with E-state index in [9.17, 15) is 22.8 Å². The largest absolute Gasteiger partial charge is 0.456 e. The fourth-order valence-corrected chi connectivity index (χ4v) is 3.19. The zero-order valence-electron chi connectivity index (χ0n) is 15.0. The molecule has 2 aliphatic heterocycles. The molecule has 0 fully saturated rings. The van der Waals surface area contributed by atoms with Crippen LogP contribution in [0, 0.1) is 12.8 Å². The number of aromatic nitrogens is 1. The van der Waals surface area contributed by atoms with Gasteiger partial charge in [0.25, 0.3) is 5.91 Å². The maximum absolute atomic E-state index is 12.7. The molecule has 0 spiro atoms. The number of halogens is 3. The molecule has 0 bridgehead atoms. The Morgan fingerprint density at radius 1 is 1.17 bits per heavy atom. The Hall–Kier alpha value is -3.49. The topological polar surface area (TPSA) is 80.7 Å². The normalized spacial score (nSPS) is 20.3. The van der Waals surface area contributed by atoms with Gasteiger partial charge in [-0.1, -0.05) is 24.3 Å². The molecule has 0 saturated carbocycles. The van der Waals surface area contributed by atoms with Crippen LogP contribution in [0.1, 0.15) is 22.9 Å². The molecule has 2 aliphatic rings. The molecule has 6 nitrogen and oxygen atoms in total. The molecule has 9 heteroatoms. The smallest absolute Gasteiger partial charge is 0.433 e. The minimum atomic E-state index is -4.75. The second-order valence-corrected chi connectivity index (χ2v) is 6.61. The maximum Gasteiger partial charge on any atom is 0.433 e. The quantitative estimate of drug-likeness (QED) is 0.782. The fourth-order valence-electron chi connectivity index (χ4n) is 3.19. The number of aryl methyl sites for hydroxylation is 1. The molecule has 29 heavy (non-hydrogen) atoms. The van der Waals surface area contributed by atoms with Crippen molar-refractivity contribution >= 4 is 17.5 Å². The Morgan fingerprint density at radius 2 is 1.93 bits per heavy atom. The average Bonchev–Trinajstić information content (AvgIpc) is 2.66. The third-order valence-corrected chi connectivity index (χ3v) is 4.60. The number of carbonyl (C=O) groups excluding carboxylic acids is 2. The number of alkyl halides is 3. The Bertz CT molecular complexity index is 1080. The Balaban J connectivity index is 1.64. The Morgan fingerprint density at radius 3 is 2.66 bits per heavy atom. The van der Waals surface area contributed by atoms with Gasteiger partial charge in [-0.3, -0.25) is 14.6 Å². The van der Waals surface area contributed by atoms with Gasteiger partial charge in [0.15, 0.2) is 0 Å². The SMILES string of the molecule is Cc1cc2c(cn1)C(NC(=O)C1C=CC(C(F)(F)F)=NC1=O)c1ccccc1O2. The van der Waals surface area contributed by atoms with Crippen molar-refractivity contribution in [2.45, 2.75) is 19.1 Å². The molecule has 0 radical (unpaired) electrons. The number of dihydropyridines is 1. The zero-order valence-corrected chi connectivity index (χ0v) is 15.0. The lowest BCUT2D eigenvalue weighted by atomic mass is 9.94. The van der Waals surface area contributed by atoms with Crippen molar-refractivity contribution in [3.05, 3.63) is 65.5 Å². The number of pyridine rings is 1. The standard InChI is InChI=1S/C20H14F3N3O3/c1-10-8-15-13(9-24-10)17(11-4-2-3-5-14(11)29-15)26-19(28)12-6-7-16(20(21,22)23)25-18(12)27/h2-9,12,17H,1H3,(H,26,28). The second-order valence-electron chi connectivity index (χ2n) is 6.61. The van der Waals surface area contributed by atoms with Crippen molar-refractivity contribution < 1.29 is 27.5 Å². The molecule has 2 amide bonds. The van der Waals surface area contributed by atoms with Crippen LogP contribution in [0.3, 0.4) is 0 Å². The van der Waals surface area contributed by atoms with E-state index in [0.717, 1.165) is 6.08 Å². The van der Waals surface area contributed by atoms with Gasteiger partial charge in [0.1, 0.15) is 23.1 Å². The predicted molar refractivity (Wildman–Crippen MR) is 96.6 cm³/mol. The van der Waals surface area contributed by atoms with E-state index >= 15 is 0 Å². The molecule has 2 aromatic rings. The first-order valence-corrected chi connectivity index (χ1v) is 8.65. The molecular formula is C20H14F3N3O3. The summed E-state index contributed by atoms with van der Waals surface area (Å²) < 4.78 is 44.0. The molecule has 0 aliphatic carbocycles. The lowest BCUT2D eigenvalue weighted by Crippen LogP contribution is -2.39. The van der Waals surface area contributed by atoms with Gasteiger partial charge in [-0.2, -0.15) is 13.2 Å². The van der Waals surface area contributed by atoms with Crippen molar-refractivity contribution in [3.8, 4) is 11.5 Å². The average molecular weight is 401 g/mol. The highest BCUT2D eigenvalue weighted by Gasteiger charge is 2.39. The van der Waals surface area contributed by atoms with Crippen LogP contribution in [0.4, 0.5) is 13.2 Å². The molecule has 2 atom stereocenters. The van der Waals surface area contributed by atoms with E-state index in [1.165, 1.54) is 0 Å². The minimum absolute atomic E-state index is 0.504. The van der Waals surface area contributed by atoms with Crippen molar-refractivity contribution in [1.82, 2.24) is 10.3 Å². The first kappa shape index (κ1) is 18.9. The van der Waals surface area contributed by atoms with E-state index in [-0.39, 0.29) is 0 Å². The number of nitrogens with one attached hydrogen (secondary N) is 1. The van der Waals surface area contributed by atoms with Gasteiger partial charge >= 0.3 is 6.18 Å². The number of hydrogen-bond acceptors (Lipinski definition) is 4. The molecule has 0 saturated heterocycles. The Kier molecular flexibility index (Phi) is 4.45. The van der Waals surface area contributed by atoms with Crippen LogP contribution in [-0.4, -0.2) is 28.7 Å². The van der Waals surface area contributed by atoms with Crippen LogP contribution in [0.5, 0.6) is 11.5 Å². The number of allylic oxidation sites excluding steroid dienone is 1. The first-order chi connectivity index (χ1) is 13.7. The van der Waals surface area contributed by atoms with Gasteiger partial charge in [-0.05, 0) is 19.1 Å². The number of carbonyl (C=O) groups is 2. The van der Waals surface area contributed by atoms with Crippen LogP contribution in [-0.2, 0) is 9.59 Å². The lowest BCUT2D eigenvalue weighted by molar-refractivity contribution is -0.132. The molecule has 1 N–H and O–H groups in total. The number of fused-ring (bicyclic) bond motifs is 2. The highest BCUT2D eigenvalue weighted by atomic mass is 19.4. The van der Waals surface area contributed by atoms with Gasteiger partial charge in [-0.25, -0.2) is 4.99 Å². The van der Waals surface area contributed by atoms with Crippen molar-refractivity contribution in [2.24, 2.45) is 10.9 Å². The summed E-state index contributed by atoms with van der Waals surface area (Å²) in [6.07, 6.45) is -1.64.